The largest absolute Gasteiger partial charge is 0.373 e. The molecule has 0 saturated heterocycles. The molecule has 0 bridgehead atoms. The second kappa shape index (κ2) is 5.73. The molecule has 15 heavy (non-hydrogen) atoms. The number of likely N-dealkylation sites (N-methyl/N-ethyl adjacent to an activating group) is 2. The summed E-state index contributed by atoms with van der Waals surface area (Å²) in [6, 6.07) is 8.30. The summed E-state index contributed by atoms with van der Waals surface area (Å²) in [7, 11) is 6.28. The SMILES string of the molecule is CN(C)CCN(C)c1ccccc1CN. The predicted molar refractivity (Wildman–Crippen MR) is 66.2 cm³/mol. The molecule has 84 valence electrons. The van der Waals surface area contributed by atoms with E-state index in [0.29, 0.717) is 6.54 Å². The van der Waals surface area contributed by atoms with Crippen LogP contribution in [0.1, 0.15) is 5.56 Å². The molecule has 0 heterocycles. The number of nitrogens with two attached hydrogens (primary N) is 1. The minimum absolute atomic E-state index is 0.600. The van der Waals surface area contributed by atoms with Crippen molar-refractivity contribution < 1.29 is 0 Å². The molecule has 0 saturated carbocycles. The summed E-state index contributed by atoms with van der Waals surface area (Å²) in [5, 5.41) is 0. The maximum absolute atomic E-state index is 5.71. The summed E-state index contributed by atoms with van der Waals surface area (Å²) in [5.74, 6) is 0. The molecule has 1 aromatic carbocycles. The second-order valence-corrected chi connectivity index (χ2v) is 4.06. The number of para-hydroxylation sites is 1. The van der Waals surface area contributed by atoms with Crippen molar-refractivity contribution in [1.29, 1.82) is 0 Å². The van der Waals surface area contributed by atoms with Gasteiger partial charge in [-0.1, -0.05) is 18.2 Å². The fraction of sp³-hybridized carbons (Fsp3) is 0.500. The van der Waals surface area contributed by atoms with Crippen LogP contribution in [0.15, 0.2) is 24.3 Å². The van der Waals surface area contributed by atoms with E-state index in [9.17, 15) is 0 Å². The first-order valence-electron chi connectivity index (χ1n) is 5.29. The van der Waals surface area contributed by atoms with Crippen molar-refractivity contribution in [3.05, 3.63) is 29.8 Å². The molecule has 3 nitrogen and oxygen atoms in total. The maximum Gasteiger partial charge on any atom is 0.0409 e. The Morgan fingerprint density at radius 2 is 1.73 bits per heavy atom. The van der Waals surface area contributed by atoms with Crippen LogP contribution in [0.3, 0.4) is 0 Å². The molecule has 1 aromatic rings. The molecule has 0 radical (unpaired) electrons. The van der Waals surface area contributed by atoms with E-state index in [2.05, 4.69) is 49.1 Å². The summed E-state index contributed by atoms with van der Waals surface area (Å²) in [6.07, 6.45) is 0. The normalized spacial score (nSPS) is 10.7. The Balaban J connectivity index is 2.68. The zero-order valence-electron chi connectivity index (χ0n) is 9.90. The molecule has 3 heteroatoms. The minimum Gasteiger partial charge on any atom is -0.373 e. The van der Waals surface area contributed by atoms with Crippen LogP contribution in [0.25, 0.3) is 0 Å². The fourth-order valence-corrected chi connectivity index (χ4v) is 1.53. The first-order valence-corrected chi connectivity index (χ1v) is 5.29. The molecular formula is C12H21N3. The number of hydrogen-bond acceptors (Lipinski definition) is 3. The van der Waals surface area contributed by atoms with Gasteiger partial charge < -0.3 is 15.5 Å². The van der Waals surface area contributed by atoms with E-state index >= 15 is 0 Å². The summed E-state index contributed by atoms with van der Waals surface area (Å²) in [6.45, 7) is 2.67. The Hall–Kier alpha value is -1.06. The van der Waals surface area contributed by atoms with Gasteiger partial charge in [-0.2, -0.15) is 0 Å². The van der Waals surface area contributed by atoms with E-state index in [-0.39, 0.29) is 0 Å². The predicted octanol–water partition coefficient (Wildman–Crippen LogP) is 1.14. The van der Waals surface area contributed by atoms with Gasteiger partial charge >= 0.3 is 0 Å². The summed E-state index contributed by atoms with van der Waals surface area (Å²) >= 11 is 0. The first-order chi connectivity index (χ1) is 7.15. The first kappa shape index (κ1) is 12.0. The van der Waals surface area contributed by atoms with Crippen LogP contribution >= 0.6 is 0 Å². The second-order valence-electron chi connectivity index (χ2n) is 4.06. The van der Waals surface area contributed by atoms with Gasteiger partial charge in [-0.25, -0.2) is 0 Å². The summed E-state index contributed by atoms with van der Waals surface area (Å²) in [5.41, 5.74) is 8.15. The number of rotatable bonds is 5. The van der Waals surface area contributed by atoms with Crippen molar-refractivity contribution in [2.75, 3.05) is 39.1 Å². The van der Waals surface area contributed by atoms with Gasteiger partial charge in [0.25, 0.3) is 0 Å². The van der Waals surface area contributed by atoms with Crippen molar-refractivity contribution in [3.8, 4) is 0 Å². The Kier molecular flexibility index (Phi) is 4.59. The lowest BCUT2D eigenvalue weighted by Gasteiger charge is -2.23. The standard InChI is InChI=1S/C12H21N3/c1-14(2)8-9-15(3)12-7-5-4-6-11(12)10-13/h4-7H,8-10,13H2,1-3H3. The van der Waals surface area contributed by atoms with Crippen LogP contribution in [-0.4, -0.2) is 39.1 Å². The number of benzene rings is 1. The molecule has 1 rings (SSSR count). The highest BCUT2D eigenvalue weighted by atomic mass is 15.2. The van der Waals surface area contributed by atoms with Gasteiger partial charge in [0.15, 0.2) is 0 Å². The van der Waals surface area contributed by atoms with E-state index in [4.69, 9.17) is 5.73 Å². The lowest BCUT2D eigenvalue weighted by molar-refractivity contribution is 0.416. The number of nitrogens with zero attached hydrogens (tertiary/aromatic N) is 2. The molecule has 0 spiro atoms. The van der Waals surface area contributed by atoms with Crippen LogP contribution < -0.4 is 10.6 Å². The quantitative estimate of drug-likeness (QED) is 0.786. The Bertz CT molecular complexity index is 297. The highest BCUT2D eigenvalue weighted by molar-refractivity contribution is 5.52. The average molecular weight is 207 g/mol. The van der Waals surface area contributed by atoms with E-state index < -0.39 is 0 Å². The van der Waals surface area contributed by atoms with Crippen LogP contribution in [-0.2, 0) is 6.54 Å². The summed E-state index contributed by atoms with van der Waals surface area (Å²) in [4.78, 5) is 4.43. The molecule has 0 aliphatic carbocycles. The van der Waals surface area contributed by atoms with Gasteiger partial charge in [0.2, 0.25) is 0 Å². The Labute approximate surface area is 92.5 Å². The third-order valence-corrected chi connectivity index (χ3v) is 2.51. The minimum atomic E-state index is 0.600. The van der Waals surface area contributed by atoms with Gasteiger partial charge in [-0.15, -0.1) is 0 Å². The van der Waals surface area contributed by atoms with Crippen LogP contribution in [0.2, 0.25) is 0 Å². The zero-order valence-corrected chi connectivity index (χ0v) is 9.90. The van der Waals surface area contributed by atoms with Crippen molar-refractivity contribution in [3.63, 3.8) is 0 Å². The van der Waals surface area contributed by atoms with E-state index in [1.54, 1.807) is 0 Å². The lowest BCUT2D eigenvalue weighted by atomic mass is 10.1. The number of hydrogen-bond donors (Lipinski definition) is 1. The smallest absolute Gasteiger partial charge is 0.0409 e. The molecule has 0 fully saturated rings. The van der Waals surface area contributed by atoms with E-state index in [0.717, 1.165) is 13.1 Å². The van der Waals surface area contributed by atoms with Gasteiger partial charge in [0.1, 0.15) is 0 Å². The van der Waals surface area contributed by atoms with Crippen molar-refractivity contribution in [1.82, 2.24) is 4.90 Å². The molecular weight excluding hydrogens is 186 g/mol. The topological polar surface area (TPSA) is 32.5 Å². The Morgan fingerprint density at radius 3 is 2.33 bits per heavy atom. The van der Waals surface area contributed by atoms with Crippen LogP contribution in [0, 0.1) is 0 Å². The van der Waals surface area contributed by atoms with E-state index in [1.165, 1.54) is 11.3 Å². The van der Waals surface area contributed by atoms with Gasteiger partial charge in [-0.05, 0) is 25.7 Å². The molecule has 0 unspecified atom stereocenters. The number of anilines is 1. The average Bonchev–Trinajstić information content (AvgIpc) is 2.25. The molecule has 0 aliphatic rings. The van der Waals surface area contributed by atoms with E-state index in [1.807, 2.05) is 6.07 Å². The maximum atomic E-state index is 5.71. The zero-order chi connectivity index (χ0) is 11.3. The van der Waals surface area contributed by atoms with Crippen molar-refractivity contribution in [2.45, 2.75) is 6.54 Å². The molecule has 0 aromatic heterocycles. The summed E-state index contributed by atoms with van der Waals surface area (Å²) < 4.78 is 0. The fourth-order valence-electron chi connectivity index (χ4n) is 1.53. The van der Waals surface area contributed by atoms with Crippen LogP contribution in [0.5, 0.6) is 0 Å². The third kappa shape index (κ3) is 3.53. The highest BCUT2D eigenvalue weighted by Crippen LogP contribution is 2.17. The molecule has 2 N–H and O–H groups in total. The molecule has 0 amide bonds. The van der Waals surface area contributed by atoms with Crippen molar-refractivity contribution in [2.24, 2.45) is 5.73 Å². The third-order valence-electron chi connectivity index (χ3n) is 2.51. The lowest BCUT2D eigenvalue weighted by Crippen LogP contribution is -2.29. The highest BCUT2D eigenvalue weighted by Gasteiger charge is 2.05. The van der Waals surface area contributed by atoms with Gasteiger partial charge in [-0.3, -0.25) is 0 Å². The monoisotopic (exact) mass is 207 g/mol. The molecule has 0 aliphatic heterocycles. The Morgan fingerprint density at radius 1 is 1.07 bits per heavy atom. The molecule has 0 atom stereocenters. The van der Waals surface area contributed by atoms with Gasteiger partial charge in [0.05, 0.1) is 0 Å². The van der Waals surface area contributed by atoms with Gasteiger partial charge in [0, 0.05) is 32.4 Å². The van der Waals surface area contributed by atoms with Crippen LogP contribution in [0.4, 0.5) is 5.69 Å². The van der Waals surface area contributed by atoms with Crippen molar-refractivity contribution >= 4 is 5.69 Å².